The number of halogens is 1. The largest absolute Gasteiger partial charge is 0.453 e. The van der Waals surface area contributed by atoms with Crippen LogP contribution in [0.15, 0.2) is 59.5 Å². The van der Waals surface area contributed by atoms with Crippen molar-refractivity contribution in [2.24, 2.45) is 17.8 Å². The molecule has 64 heavy (non-hydrogen) atoms. The minimum absolute atomic E-state index is 0.0147. The highest BCUT2D eigenvalue weighted by atomic mass is 32.2. The van der Waals surface area contributed by atoms with Crippen LogP contribution in [0.25, 0.3) is 0 Å². The van der Waals surface area contributed by atoms with E-state index in [4.69, 9.17) is 4.74 Å². The van der Waals surface area contributed by atoms with Crippen LogP contribution in [0.2, 0.25) is 0 Å². The van der Waals surface area contributed by atoms with E-state index in [-0.39, 0.29) is 48.6 Å². The average molecular weight is 906 g/mol. The van der Waals surface area contributed by atoms with Crippen molar-refractivity contribution in [1.82, 2.24) is 30.2 Å². The zero-order chi connectivity index (χ0) is 45.4. The Morgan fingerprint density at radius 2 is 1.64 bits per heavy atom. The minimum Gasteiger partial charge on any atom is -0.453 e. The third-order valence-electron chi connectivity index (χ3n) is 15.1. The third-order valence-corrected chi connectivity index (χ3v) is 17.3. The highest BCUT2D eigenvalue weighted by molar-refractivity contribution is 7.92. The molecule has 13 nitrogen and oxygen atoms in total. The molecule has 0 bridgehead atoms. The zero-order valence-corrected chi connectivity index (χ0v) is 39.4. The summed E-state index contributed by atoms with van der Waals surface area (Å²) >= 11 is 0. The molecule has 0 unspecified atom stereocenters. The molecule has 2 N–H and O–H groups in total. The Balaban J connectivity index is 0.984. The molecule has 4 saturated heterocycles. The number of piperidine rings is 2. The van der Waals surface area contributed by atoms with E-state index in [0.717, 1.165) is 114 Å². The second kappa shape index (κ2) is 21.5. The summed E-state index contributed by atoms with van der Waals surface area (Å²) in [7, 11) is -2.29. The number of ether oxygens (including phenoxy) is 1. The summed E-state index contributed by atoms with van der Waals surface area (Å²) < 4.78 is 48.3. The first-order valence-corrected chi connectivity index (χ1v) is 25.5. The van der Waals surface area contributed by atoms with Crippen molar-refractivity contribution in [1.29, 1.82) is 0 Å². The fourth-order valence-corrected chi connectivity index (χ4v) is 13.3. The Hall–Kier alpha value is -4.05. The summed E-state index contributed by atoms with van der Waals surface area (Å²) in [5, 5.41) is 5.61. The molecule has 2 aromatic carbocycles. The first-order chi connectivity index (χ1) is 30.8. The van der Waals surface area contributed by atoms with Gasteiger partial charge in [-0.1, -0.05) is 44.9 Å². The predicted octanol–water partition coefficient (Wildman–Crippen LogP) is 5.44. The van der Waals surface area contributed by atoms with Crippen LogP contribution in [0, 0.1) is 23.6 Å². The van der Waals surface area contributed by atoms with E-state index in [0.29, 0.717) is 23.9 Å². The number of nitrogens with zero attached hydrogens (tertiary/aromatic N) is 5. The summed E-state index contributed by atoms with van der Waals surface area (Å²) in [6.07, 6.45) is 11.0. The molecule has 4 aliphatic heterocycles. The molecule has 1 aliphatic carbocycles. The van der Waals surface area contributed by atoms with Crippen LogP contribution >= 0.6 is 0 Å². The molecular formula is C49H72FN7O6S. The fraction of sp³-hybridized carbons (Fsp3) is 0.653. The van der Waals surface area contributed by atoms with Gasteiger partial charge in [0.25, 0.3) is 0 Å². The summed E-state index contributed by atoms with van der Waals surface area (Å²) in [5.74, 6) is 0.0187. The number of methoxy groups -OCH3 is 1. The maximum atomic E-state index is 15.0. The fourth-order valence-electron chi connectivity index (χ4n) is 11.4. The van der Waals surface area contributed by atoms with Gasteiger partial charge in [0.15, 0.2) is 9.84 Å². The molecule has 3 atom stereocenters. The first-order valence-electron chi connectivity index (χ1n) is 23.9. The number of nitrogens with one attached hydrogen (secondary N) is 2. The van der Waals surface area contributed by atoms with Gasteiger partial charge in [0.2, 0.25) is 11.8 Å². The number of carbonyl (C=O) groups excluding carboxylic acids is 3. The van der Waals surface area contributed by atoms with Crippen LogP contribution in [0.1, 0.15) is 83.3 Å². The lowest BCUT2D eigenvalue weighted by Crippen LogP contribution is -2.58. The first kappa shape index (κ1) is 47.9. The Morgan fingerprint density at radius 3 is 2.31 bits per heavy atom. The average Bonchev–Trinajstić information content (AvgIpc) is 3.72. The van der Waals surface area contributed by atoms with E-state index in [9.17, 15) is 22.8 Å². The van der Waals surface area contributed by atoms with E-state index >= 15 is 4.39 Å². The van der Waals surface area contributed by atoms with Crippen molar-refractivity contribution in [3.8, 4) is 0 Å². The van der Waals surface area contributed by atoms with Gasteiger partial charge in [-0.05, 0) is 131 Å². The highest BCUT2D eigenvalue weighted by Crippen LogP contribution is 2.50. The van der Waals surface area contributed by atoms with Gasteiger partial charge in [0.05, 0.1) is 12.0 Å². The van der Waals surface area contributed by atoms with Crippen LogP contribution in [0.3, 0.4) is 0 Å². The van der Waals surface area contributed by atoms with E-state index in [2.05, 4.69) is 50.1 Å². The summed E-state index contributed by atoms with van der Waals surface area (Å²) in [6, 6.07) is 12.5. The molecule has 2 aromatic rings. The molecule has 0 radical (unpaired) electrons. The number of hydrogen-bond donors (Lipinski definition) is 2. The van der Waals surface area contributed by atoms with Crippen LogP contribution in [-0.2, 0) is 36.1 Å². The van der Waals surface area contributed by atoms with Crippen molar-refractivity contribution >= 4 is 33.4 Å². The normalized spacial score (nSPS) is 22.9. The standard InChI is InChI=1S/C49H72FN7O6S/c1-5-53(6-2)32-38-27-42(18-19-46(38)64(61,62)43-33-57(34-43)47(59)17-12-24-54-22-8-7-9-23-54)56-30-37(31-56)29-55-25-20-39(21-26-55)49(35-51-36(3)58,40-13-10-14-41(50)28-40)44-15-11-16-45(44)52-48(60)63-4/h10,12-14,17-19,27-28,37,39,43-45H,5-9,11,15-16,20-26,29-35H2,1-4H3,(H,51,58)(H,52,60)/b17-12+/t44-,45-,49-/m0/s1. The number of likely N-dealkylation sites (tertiary alicyclic amines) is 3. The molecule has 1 saturated carbocycles. The van der Waals surface area contributed by atoms with Crippen LogP contribution in [0.5, 0.6) is 0 Å². The number of sulfone groups is 1. The van der Waals surface area contributed by atoms with Crippen LogP contribution in [-0.4, -0.2) is 149 Å². The van der Waals surface area contributed by atoms with Crippen LogP contribution in [0.4, 0.5) is 14.9 Å². The van der Waals surface area contributed by atoms with E-state index in [1.807, 2.05) is 18.2 Å². The lowest BCUT2D eigenvalue weighted by atomic mass is 9.58. The number of rotatable bonds is 18. The second-order valence-electron chi connectivity index (χ2n) is 19.0. The van der Waals surface area contributed by atoms with Gasteiger partial charge in [0, 0.05) is 88.4 Å². The lowest BCUT2D eigenvalue weighted by Gasteiger charge is -2.51. The van der Waals surface area contributed by atoms with Gasteiger partial charge in [-0.25, -0.2) is 17.6 Å². The molecule has 7 rings (SSSR count). The monoisotopic (exact) mass is 906 g/mol. The zero-order valence-electron chi connectivity index (χ0n) is 38.6. The molecular weight excluding hydrogens is 834 g/mol. The molecule has 4 heterocycles. The highest BCUT2D eigenvalue weighted by Gasteiger charge is 2.52. The van der Waals surface area contributed by atoms with Gasteiger partial charge in [-0.2, -0.15) is 0 Å². The van der Waals surface area contributed by atoms with Crippen molar-refractivity contribution in [3.63, 3.8) is 0 Å². The molecule has 15 heteroatoms. The molecule has 0 aromatic heterocycles. The van der Waals surface area contributed by atoms with E-state index in [1.54, 1.807) is 29.2 Å². The number of hydrogen-bond acceptors (Lipinski definition) is 10. The minimum atomic E-state index is -3.66. The lowest BCUT2D eigenvalue weighted by molar-refractivity contribution is -0.129. The third kappa shape index (κ3) is 11.0. The van der Waals surface area contributed by atoms with Gasteiger partial charge in [-0.15, -0.1) is 0 Å². The van der Waals surface area contributed by atoms with E-state index < -0.39 is 26.6 Å². The molecule has 352 valence electrons. The number of anilines is 1. The molecule has 5 fully saturated rings. The quantitative estimate of drug-likeness (QED) is 0.187. The summed E-state index contributed by atoms with van der Waals surface area (Å²) in [4.78, 5) is 49.4. The van der Waals surface area contributed by atoms with Gasteiger partial charge in [-0.3, -0.25) is 19.4 Å². The molecule has 0 spiro atoms. The van der Waals surface area contributed by atoms with Crippen molar-refractivity contribution in [3.05, 3.63) is 71.6 Å². The van der Waals surface area contributed by atoms with Gasteiger partial charge in [0.1, 0.15) is 11.1 Å². The van der Waals surface area contributed by atoms with E-state index in [1.165, 1.54) is 39.4 Å². The number of alkyl carbamates (subject to hydrolysis) is 1. The summed E-state index contributed by atoms with van der Waals surface area (Å²) in [6.45, 7) is 16.0. The summed E-state index contributed by atoms with van der Waals surface area (Å²) in [5.41, 5.74) is 2.13. The number of carbonyl (C=O) groups is 3. The van der Waals surface area contributed by atoms with Gasteiger partial charge < -0.3 is 30.1 Å². The maximum absolute atomic E-state index is 15.0. The molecule has 3 amide bonds. The van der Waals surface area contributed by atoms with Gasteiger partial charge >= 0.3 is 6.09 Å². The van der Waals surface area contributed by atoms with Crippen molar-refractivity contribution in [2.45, 2.75) is 100 Å². The topological polar surface area (TPSA) is 135 Å². The van der Waals surface area contributed by atoms with Crippen molar-refractivity contribution < 1.29 is 31.9 Å². The predicted molar refractivity (Wildman–Crippen MR) is 248 cm³/mol. The SMILES string of the molecule is CCN(CC)Cc1cc(N2CC(CN3CCC([C@@](CNC(C)=O)(c4cccc(F)c4)[C@H]4CCC[C@@H]4NC(=O)OC)CC3)C2)ccc1S(=O)(=O)C1CN(C(=O)/C=C/CN2CCCCC2)C1. The second-order valence-corrected chi connectivity index (χ2v) is 21.2. The number of amides is 3. The smallest absolute Gasteiger partial charge is 0.407 e. The Labute approximate surface area is 381 Å². The van der Waals surface area contributed by atoms with Crippen molar-refractivity contribution in [2.75, 3.05) is 97.1 Å². The maximum Gasteiger partial charge on any atom is 0.407 e. The Kier molecular flexibility index (Phi) is 16.1. The Morgan fingerprint density at radius 1 is 0.906 bits per heavy atom. The van der Waals surface area contributed by atoms with Crippen LogP contribution < -0.4 is 15.5 Å². The number of benzene rings is 2. The molecule has 5 aliphatic rings. The Bertz CT molecular complexity index is 2060.